The van der Waals surface area contributed by atoms with E-state index < -0.39 is 6.04 Å². The number of carbonyl (C=O) groups excluding carboxylic acids is 2. The topological polar surface area (TPSA) is 49.4 Å². The highest BCUT2D eigenvalue weighted by molar-refractivity contribution is 5.90. The lowest BCUT2D eigenvalue weighted by atomic mass is 10.1. The van der Waals surface area contributed by atoms with Crippen molar-refractivity contribution in [1.29, 1.82) is 0 Å². The Balaban J connectivity index is 2.09. The van der Waals surface area contributed by atoms with E-state index in [1.54, 1.807) is 0 Å². The largest absolute Gasteiger partial charge is 0.340 e. The Morgan fingerprint density at radius 1 is 1.24 bits per heavy atom. The zero-order chi connectivity index (χ0) is 15.2. The first-order valence-electron chi connectivity index (χ1n) is 7.71. The second kappa shape index (κ2) is 7.25. The van der Waals surface area contributed by atoms with Gasteiger partial charge in [0, 0.05) is 19.5 Å². The summed E-state index contributed by atoms with van der Waals surface area (Å²) in [5.74, 6) is 0.594. The lowest BCUT2D eigenvalue weighted by Crippen LogP contribution is -2.39. The molecule has 1 saturated heterocycles. The Labute approximate surface area is 126 Å². The van der Waals surface area contributed by atoms with Gasteiger partial charge in [-0.3, -0.25) is 9.59 Å². The molecule has 0 bridgehead atoms. The molecular weight excluding hydrogens is 264 g/mol. The molecule has 1 fully saturated rings. The smallest absolute Gasteiger partial charge is 0.249 e. The minimum atomic E-state index is -0.541. The molecule has 1 unspecified atom stereocenters. The van der Waals surface area contributed by atoms with E-state index in [0.29, 0.717) is 18.9 Å². The molecule has 114 valence electrons. The normalized spacial score (nSPS) is 19.6. The molecule has 0 spiro atoms. The lowest BCUT2D eigenvalue weighted by molar-refractivity contribution is -0.133. The Kier molecular flexibility index (Phi) is 5.37. The third-order valence-electron chi connectivity index (χ3n) is 3.82. The fourth-order valence-corrected chi connectivity index (χ4v) is 2.61. The summed E-state index contributed by atoms with van der Waals surface area (Å²) >= 11 is 0. The first kappa shape index (κ1) is 15.5. The van der Waals surface area contributed by atoms with Gasteiger partial charge in [0.15, 0.2) is 0 Å². The molecule has 0 aliphatic carbocycles. The fourth-order valence-electron chi connectivity index (χ4n) is 2.61. The van der Waals surface area contributed by atoms with Crippen LogP contribution < -0.4 is 5.32 Å². The monoisotopic (exact) mass is 288 g/mol. The van der Waals surface area contributed by atoms with E-state index in [1.807, 2.05) is 35.2 Å². The molecule has 21 heavy (non-hydrogen) atoms. The molecule has 1 aliphatic rings. The van der Waals surface area contributed by atoms with Crippen LogP contribution in [0.15, 0.2) is 30.3 Å². The minimum absolute atomic E-state index is 0.0100. The van der Waals surface area contributed by atoms with E-state index in [2.05, 4.69) is 19.2 Å². The van der Waals surface area contributed by atoms with Crippen LogP contribution >= 0.6 is 0 Å². The van der Waals surface area contributed by atoms with E-state index in [-0.39, 0.29) is 11.8 Å². The zero-order valence-electron chi connectivity index (χ0n) is 12.8. The Morgan fingerprint density at radius 2 is 1.95 bits per heavy atom. The van der Waals surface area contributed by atoms with Gasteiger partial charge in [0.25, 0.3) is 0 Å². The van der Waals surface area contributed by atoms with Crippen molar-refractivity contribution in [3.05, 3.63) is 35.9 Å². The van der Waals surface area contributed by atoms with Gasteiger partial charge in [-0.15, -0.1) is 0 Å². The van der Waals surface area contributed by atoms with Crippen molar-refractivity contribution in [2.75, 3.05) is 13.1 Å². The maximum Gasteiger partial charge on any atom is 0.249 e. The number of amides is 2. The minimum Gasteiger partial charge on any atom is -0.340 e. The van der Waals surface area contributed by atoms with Crippen LogP contribution in [0.3, 0.4) is 0 Å². The molecular formula is C17H24N2O2. The van der Waals surface area contributed by atoms with E-state index in [4.69, 9.17) is 0 Å². The molecule has 0 radical (unpaired) electrons. The van der Waals surface area contributed by atoms with Gasteiger partial charge in [0.1, 0.15) is 6.04 Å². The van der Waals surface area contributed by atoms with Gasteiger partial charge in [-0.2, -0.15) is 0 Å². The summed E-state index contributed by atoms with van der Waals surface area (Å²) in [5, 5.41) is 2.84. The van der Waals surface area contributed by atoms with Crippen molar-refractivity contribution in [3.8, 4) is 0 Å². The number of hydrogen-bond donors (Lipinski definition) is 1. The Hall–Kier alpha value is -1.84. The maximum atomic E-state index is 12.7. The summed E-state index contributed by atoms with van der Waals surface area (Å²) in [7, 11) is 0. The van der Waals surface area contributed by atoms with Crippen LogP contribution in [0.1, 0.15) is 44.7 Å². The summed E-state index contributed by atoms with van der Waals surface area (Å²) < 4.78 is 0. The number of carbonyl (C=O) groups is 2. The van der Waals surface area contributed by atoms with E-state index in [0.717, 1.165) is 24.9 Å². The maximum absolute atomic E-state index is 12.7. The predicted octanol–water partition coefficient (Wildman–Crippen LogP) is 2.51. The van der Waals surface area contributed by atoms with Gasteiger partial charge in [-0.25, -0.2) is 0 Å². The summed E-state index contributed by atoms with van der Waals surface area (Å²) in [4.78, 5) is 26.4. The predicted molar refractivity (Wildman–Crippen MR) is 82.6 cm³/mol. The molecule has 1 atom stereocenters. The standard InChI is InChI=1S/C17H24N2O2/c1-13(2)7-6-11-19-12-10-15(20)18-16(17(19)21)14-8-4-3-5-9-14/h3-5,8-9,13,16H,6-7,10-12H2,1-2H3,(H,18,20). The Bertz CT molecular complexity index is 485. The number of rotatable bonds is 5. The van der Waals surface area contributed by atoms with Crippen molar-refractivity contribution >= 4 is 11.8 Å². The molecule has 1 N–H and O–H groups in total. The van der Waals surface area contributed by atoms with Gasteiger partial charge in [-0.05, 0) is 24.3 Å². The number of nitrogens with zero attached hydrogens (tertiary/aromatic N) is 1. The van der Waals surface area contributed by atoms with Gasteiger partial charge in [-0.1, -0.05) is 44.2 Å². The molecule has 4 nitrogen and oxygen atoms in total. The van der Waals surface area contributed by atoms with Gasteiger partial charge in [0.2, 0.25) is 11.8 Å². The molecule has 1 aliphatic heterocycles. The average molecular weight is 288 g/mol. The lowest BCUT2D eigenvalue weighted by Gasteiger charge is -2.24. The highest BCUT2D eigenvalue weighted by Crippen LogP contribution is 2.19. The molecule has 1 aromatic rings. The summed E-state index contributed by atoms with van der Waals surface area (Å²) in [6, 6.07) is 8.93. The molecule has 0 aromatic heterocycles. The van der Waals surface area contributed by atoms with Gasteiger partial charge < -0.3 is 10.2 Å². The third kappa shape index (κ3) is 4.31. The highest BCUT2D eigenvalue weighted by Gasteiger charge is 2.30. The fraction of sp³-hybridized carbons (Fsp3) is 0.529. The van der Waals surface area contributed by atoms with Crippen LogP contribution in [0.4, 0.5) is 0 Å². The van der Waals surface area contributed by atoms with E-state index >= 15 is 0 Å². The molecule has 2 rings (SSSR count). The Morgan fingerprint density at radius 3 is 2.62 bits per heavy atom. The third-order valence-corrected chi connectivity index (χ3v) is 3.82. The van der Waals surface area contributed by atoms with Gasteiger partial charge in [0.05, 0.1) is 0 Å². The van der Waals surface area contributed by atoms with Crippen molar-refractivity contribution < 1.29 is 9.59 Å². The number of benzene rings is 1. The summed E-state index contributed by atoms with van der Waals surface area (Å²) in [6.45, 7) is 5.62. The van der Waals surface area contributed by atoms with Crippen LogP contribution in [0.25, 0.3) is 0 Å². The van der Waals surface area contributed by atoms with Gasteiger partial charge >= 0.3 is 0 Å². The van der Waals surface area contributed by atoms with Crippen LogP contribution in [0.5, 0.6) is 0 Å². The summed E-state index contributed by atoms with van der Waals surface area (Å²) in [5.41, 5.74) is 0.853. The summed E-state index contributed by atoms with van der Waals surface area (Å²) in [6.07, 6.45) is 2.47. The number of hydrogen-bond acceptors (Lipinski definition) is 2. The van der Waals surface area contributed by atoms with Crippen LogP contribution in [-0.4, -0.2) is 29.8 Å². The molecule has 1 heterocycles. The quantitative estimate of drug-likeness (QED) is 0.905. The number of nitrogens with one attached hydrogen (secondary N) is 1. The molecule has 4 heteroatoms. The van der Waals surface area contributed by atoms with E-state index in [9.17, 15) is 9.59 Å². The second-order valence-electron chi connectivity index (χ2n) is 6.02. The average Bonchev–Trinajstić information content (AvgIpc) is 2.61. The van der Waals surface area contributed by atoms with E-state index in [1.165, 1.54) is 0 Å². The van der Waals surface area contributed by atoms with Crippen molar-refractivity contribution in [2.45, 2.75) is 39.2 Å². The van der Waals surface area contributed by atoms with Crippen LogP contribution in [0.2, 0.25) is 0 Å². The van der Waals surface area contributed by atoms with Crippen molar-refractivity contribution in [2.24, 2.45) is 5.92 Å². The first-order valence-corrected chi connectivity index (χ1v) is 7.71. The highest BCUT2D eigenvalue weighted by atomic mass is 16.2. The molecule has 1 aromatic carbocycles. The van der Waals surface area contributed by atoms with Crippen molar-refractivity contribution in [1.82, 2.24) is 10.2 Å². The second-order valence-corrected chi connectivity index (χ2v) is 6.02. The SMILES string of the molecule is CC(C)CCCN1CCC(=O)NC(c2ccccc2)C1=O. The van der Waals surface area contributed by atoms with Crippen LogP contribution in [-0.2, 0) is 9.59 Å². The van der Waals surface area contributed by atoms with Crippen molar-refractivity contribution in [3.63, 3.8) is 0 Å². The first-order chi connectivity index (χ1) is 10.1. The zero-order valence-corrected chi connectivity index (χ0v) is 12.8. The molecule has 0 saturated carbocycles. The van der Waals surface area contributed by atoms with Crippen LogP contribution in [0, 0.1) is 5.92 Å². The molecule has 2 amide bonds.